The average molecular weight is 404 g/mol. The molecule has 5 rings (SSSR count). The molecule has 0 atom stereocenters. The summed E-state index contributed by atoms with van der Waals surface area (Å²) in [6, 6.07) is 16.3. The molecule has 2 aromatic carbocycles. The average Bonchev–Trinajstić information content (AvgIpc) is 3.37. The number of aryl methyl sites for hydroxylation is 3. The molecule has 146 valence electrons. The van der Waals surface area contributed by atoms with Gasteiger partial charge in [0.15, 0.2) is 16.4 Å². The maximum atomic E-state index is 5.92. The number of para-hydroxylation sites is 1. The number of hydrogen-bond donors (Lipinski definition) is 1. The fraction of sp³-hybridized carbons (Fsp3) is 0.174. The molecule has 0 bridgehead atoms. The molecular weight excluding hydrogens is 382 g/mol. The zero-order valence-electron chi connectivity index (χ0n) is 16.7. The number of nitrogens with one attached hydrogen (secondary N) is 1. The van der Waals surface area contributed by atoms with Gasteiger partial charge in [-0.2, -0.15) is 0 Å². The third-order valence-corrected chi connectivity index (χ3v) is 6.16. The van der Waals surface area contributed by atoms with E-state index in [0.29, 0.717) is 0 Å². The predicted molar refractivity (Wildman–Crippen MR) is 119 cm³/mol. The number of ether oxygens (including phenoxy) is 1. The molecule has 3 aromatic heterocycles. The molecule has 0 aliphatic carbocycles. The van der Waals surface area contributed by atoms with E-state index in [9.17, 15) is 0 Å². The van der Waals surface area contributed by atoms with E-state index in [1.54, 1.807) is 18.4 Å². The minimum Gasteiger partial charge on any atom is -0.497 e. The number of hydrogen-bond acceptors (Lipinski definition) is 5. The molecule has 0 aliphatic heterocycles. The lowest BCUT2D eigenvalue weighted by Gasteiger charge is -2.13. The van der Waals surface area contributed by atoms with Crippen LogP contribution in [0.3, 0.4) is 0 Å². The zero-order valence-corrected chi connectivity index (χ0v) is 17.6. The van der Waals surface area contributed by atoms with Crippen molar-refractivity contribution in [2.24, 2.45) is 0 Å². The summed E-state index contributed by atoms with van der Waals surface area (Å²) < 4.78 is 14.6. The van der Waals surface area contributed by atoms with E-state index in [-0.39, 0.29) is 0 Å². The third kappa shape index (κ3) is 2.87. The molecule has 0 amide bonds. The van der Waals surface area contributed by atoms with Crippen molar-refractivity contribution in [2.75, 3.05) is 12.4 Å². The number of fused-ring (bicyclic) bond motifs is 3. The van der Waals surface area contributed by atoms with Crippen molar-refractivity contribution >= 4 is 38.0 Å². The lowest BCUT2D eigenvalue weighted by Crippen LogP contribution is -2.00. The lowest BCUT2D eigenvalue weighted by molar-refractivity contribution is 0.415. The predicted octanol–water partition coefficient (Wildman–Crippen LogP) is 6.49. The number of benzene rings is 2. The van der Waals surface area contributed by atoms with Crippen molar-refractivity contribution in [3.05, 3.63) is 65.4 Å². The summed E-state index contributed by atoms with van der Waals surface area (Å²) in [6.07, 6.45) is 0. The summed E-state index contributed by atoms with van der Waals surface area (Å²) in [4.78, 5) is 5.84. The van der Waals surface area contributed by atoms with Crippen molar-refractivity contribution in [1.82, 2.24) is 9.38 Å². The van der Waals surface area contributed by atoms with Gasteiger partial charge in [0.25, 0.3) is 0 Å². The second kappa shape index (κ2) is 6.67. The Bertz CT molecular complexity index is 1340. The van der Waals surface area contributed by atoms with Crippen LogP contribution in [-0.4, -0.2) is 16.5 Å². The lowest BCUT2D eigenvalue weighted by atomic mass is 10.1. The first-order valence-corrected chi connectivity index (χ1v) is 10.3. The fourth-order valence-corrected chi connectivity index (χ4v) is 4.71. The van der Waals surface area contributed by atoms with Gasteiger partial charge < -0.3 is 14.5 Å². The number of aromatic nitrogens is 2. The monoisotopic (exact) mass is 403 g/mol. The Labute approximate surface area is 172 Å². The number of furan rings is 1. The summed E-state index contributed by atoms with van der Waals surface area (Å²) in [5.74, 6) is 3.37. The first-order valence-electron chi connectivity index (χ1n) is 9.44. The van der Waals surface area contributed by atoms with Crippen LogP contribution in [0.4, 0.5) is 11.5 Å². The maximum absolute atomic E-state index is 5.92. The Kier molecular flexibility index (Phi) is 4.10. The zero-order chi connectivity index (χ0) is 20.1. The van der Waals surface area contributed by atoms with Crippen LogP contribution >= 0.6 is 11.3 Å². The Morgan fingerprint density at radius 1 is 1.03 bits per heavy atom. The largest absolute Gasteiger partial charge is 0.497 e. The topological polar surface area (TPSA) is 51.7 Å². The van der Waals surface area contributed by atoms with E-state index in [1.165, 1.54) is 11.1 Å². The van der Waals surface area contributed by atoms with Gasteiger partial charge in [0, 0.05) is 5.69 Å². The van der Waals surface area contributed by atoms with E-state index in [4.69, 9.17) is 14.1 Å². The number of rotatable bonds is 4. The SMILES string of the molecule is COc1ccc2c(c1)sc1nc(-c3ccc(C)o3)c(Nc3c(C)cccc3C)n12. The van der Waals surface area contributed by atoms with Crippen molar-refractivity contribution in [3.8, 4) is 17.2 Å². The fourth-order valence-electron chi connectivity index (χ4n) is 3.66. The minimum absolute atomic E-state index is 0.758. The number of methoxy groups -OCH3 is 1. The van der Waals surface area contributed by atoms with Gasteiger partial charge in [0.2, 0.25) is 0 Å². The smallest absolute Gasteiger partial charge is 0.197 e. The van der Waals surface area contributed by atoms with Gasteiger partial charge in [-0.3, -0.25) is 4.40 Å². The van der Waals surface area contributed by atoms with E-state index in [0.717, 1.165) is 49.6 Å². The highest BCUT2D eigenvalue weighted by atomic mass is 32.1. The molecular formula is C23H21N3O2S. The molecule has 0 saturated carbocycles. The third-order valence-electron chi connectivity index (χ3n) is 5.15. The molecule has 0 spiro atoms. The first kappa shape index (κ1) is 17.8. The van der Waals surface area contributed by atoms with Gasteiger partial charge in [0.05, 0.1) is 17.3 Å². The Hall–Kier alpha value is -3.25. The first-order chi connectivity index (χ1) is 14.0. The molecule has 6 heteroatoms. The molecule has 5 aromatic rings. The number of nitrogens with zero attached hydrogens (tertiary/aromatic N) is 2. The molecule has 0 aliphatic rings. The Morgan fingerprint density at radius 2 is 1.83 bits per heavy atom. The van der Waals surface area contributed by atoms with E-state index >= 15 is 0 Å². The quantitative estimate of drug-likeness (QED) is 0.373. The summed E-state index contributed by atoms with van der Waals surface area (Å²) >= 11 is 1.64. The second-order valence-electron chi connectivity index (χ2n) is 7.16. The number of imidazole rings is 1. The number of thiazole rings is 1. The summed E-state index contributed by atoms with van der Waals surface area (Å²) in [7, 11) is 1.69. The van der Waals surface area contributed by atoms with Gasteiger partial charge in [0.1, 0.15) is 17.3 Å². The van der Waals surface area contributed by atoms with Gasteiger partial charge >= 0.3 is 0 Å². The van der Waals surface area contributed by atoms with Crippen LogP contribution in [0, 0.1) is 20.8 Å². The molecule has 0 saturated heterocycles. The van der Waals surface area contributed by atoms with Crippen molar-refractivity contribution in [2.45, 2.75) is 20.8 Å². The normalized spacial score (nSPS) is 11.4. The van der Waals surface area contributed by atoms with E-state index in [1.807, 2.05) is 31.2 Å². The second-order valence-corrected chi connectivity index (χ2v) is 8.17. The summed E-state index contributed by atoms with van der Waals surface area (Å²) in [6.45, 7) is 6.17. The highest BCUT2D eigenvalue weighted by Crippen LogP contribution is 2.39. The van der Waals surface area contributed by atoms with Crippen LogP contribution in [0.25, 0.3) is 26.6 Å². The Morgan fingerprint density at radius 3 is 2.52 bits per heavy atom. The molecule has 0 unspecified atom stereocenters. The highest BCUT2D eigenvalue weighted by molar-refractivity contribution is 7.23. The summed E-state index contributed by atoms with van der Waals surface area (Å²) in [5.41, 5.74) is 5.35. The Balaban J connectivity index is 1.79. The van der Waals surface area contributed by atoms with Crippen LogP contribution in [0.1, 0.15) is 16.9 Å². The van der Waals surface area contributed by atoms with Crippen molar-refractivity contribution in [3.63, 3.8) is 0 Å². The highest BCUT2D eigenvalue weighted by Gasteiger charge is 2.21. The van der Waals surface area contributed by atoms with Gasteiger partial charge in [-0.1, -0.05) is 29.5 Å². The van der Waals surface area contributed by atoms with Crippen LogP contribution in [0.15, 0.2) is 52.9 Å². The molecule has 0 fully saturated rings. The van der Waals surface area contributed by atoms with Crippen LogP contribution in [0.5, 0.6) is 5.75 Å². The molecule has 29 heavy (non-hydrogen) atoms. The minimum atomic E-state index is 0.758. The molecule has 1 N–H and O–H groups in total. The number of anilines is 2. The van der Waals surface area contributed by atoms with Crippen LogP contribution < -0.4 is 10.1 Å². The van der Waals surface area contributed by atoms with Crippen LogP contribution in [-0.2, 0) is 0 Å². The van der Waals surface area contributed by atoms with Gasteiger partial charge in [-0.15, -0.1) is 0 Å². The standard InChI is InChI=1S/C23H21N3O2S/c1-13-6-5-7-14(2)20(13)24-22-21(18-11-8-15(3)28-18)25-23-26(22)17-10-9-16(27-4)12-19(17)29-23/h5-12,24H,1-4H3. The van der Waals surface area contributed by atoms with Crippen LogP contribution in [0.2, 0.25) is 0 Å². The van der Waals surface area contributed by atoms with E-state index in [2.05, 4.69) is 47.8 Å². The van der Waals surface area contributed by atoms with Crippen molar-refractivity contribution < 1.29 is 9.15 Å². The van der Waals surface area contributed by atoms with Crippen molar-refractivity contribution in [1.29, 1.82) is 0 Å². The van der Waals surface area contributed by atoms with E-state index < -0.39 is 0 Å². The maximum Gasteiger partial charge on any atom is 0.197 e. The molecule has 0 radical (unpaired) electrons. The molecule has 5 nitrogen and oxygen atoms in total. The summed E-state index contributed by atoms with van der Waals surface area (Å²) in [5, 5.41) is 3.66. The molecule has 3 heterocycles. The van der Waals surface area contributed by atoms with Gasteiger partial charge in [-0.05, 0) is 62.2 Å². The van der Waals surface area contributed by atoms with Gasteiger partial charge in [-0.25, -0.2) is 4.98 Å².